The number of hydrogen-bond donors (Lipinski definition) is 0. The second-order valence-electron chi connectivity index (χ2n) is 3.30. The lowest BCUT2D eigenvalue weighted by molar-refractivity contribution is 1.25. The van der Waals surface area contributed by atoms with Gasteiger partial charge < -0.3 is 0 Å². The van der Waals surface area contributed by atoms with Crippen molar-refractivity contribution < 1.29 is 0 Å². The van der Waals surface area contributed by atoms with E-state index in [9.17, 15) is 0 Å². The molecule has 0 nitrogen and oxygen atoms in total. The van der Waals surface area contributed by atoms with Crippen molar-refractivity contribution in [3.8, 4) is 0 Å². The Balaban J connectivity index is -0.0000000944. The van der Waals surface area contributed by atoms with E-state index in [0.717, 1.165) is 0 Å². The van der Waals surface area contributed by atoms with Crippen molar-refractivity contribution in [3.63, 3.8) is 0 Å². The molecule has 2 rings (SSSR count). The van der Waals surface area contributed by atoms with Gasteiger partial charge in [-0.1, -0.05) is 115 Å². The lowest BCUT2D eigenvalue weighted by Crippen LogP contribution is -1.62. The molecular formula is C21H40. The molecular weight excluding hydrogens is 252 g/mol. The molecule has 0 fully saturated rings. The largest absolute Gasteiger partial charge is 0.0805 e. The highest BCUT2D eigenvalue weighted by Gasteiger charge is 1.86. The molecule has 0 saturated carbocycles. The molecule has 0 saturated heterocycles. The molecule has 1 aliphatic rings. The zero-order chi connectivity index (χ0) is 17.5. The van der Waals surface area contributed by atoms with Crippen molar-refractivity contribution >= 4 is 0 Å². The quantitative estimate of drug-likeness (QED) is 0.454. The molecule has 0 aromatic heterocycles. The fourth-order valence-corrected chi connectivity index (χ4v) is 1.09. The Morgan fingerprint density at radius 2 is 1.10 bits per heavy atom. The second kappa shape index (κ2) is 31.2. The number of allylic oxidation sites excluding steroid dienone is 4. The molecule has 1 aromatic rings. The molecule has 0 bridgehead atoms. The minimum absolute atomic E-state index is 1.17. The zero-order valence-corrected chi connectivity index (χ0v) is 16.3. The fraction of sp³-hybridized carbons (Fsp3) is 0.524. The molecule has 0 heterocycles. The van der Waals surface area contributed by atoms with Gasteiger partial charge in [-0.15, -0.1) is 0 Å². The summed E-state index contributed by atoms with van der Waals surface area (Å²) in [7, 11) is 0. The third kappa shape index (κ3) is 27.8. The topological polar surface area (TPSA) is 0 Å². The van der Waals surface area contributed by atoms with E-state index in [2.05, 4.69) is 44.2 Å². The normalized spacial score (nSPS) is 9.33. The molecule has 0 heteroatoms. The number of aryl methyl sites for hydroxylation is 1. The molecule has 21 heavy (non-hydrogen) atoms. The van der Waals surface area contributed by atoms with E-state index in [0.29, 0.717) is 0 Å². The Hall–Kier alpha value is -1.30. The zero-order valence-electron chi connectivity index (χ0n) is 16.3. The summed E-state index contributed by atoms with van der Waals surface area (Å²) in [4.78, 5) is 0. The van der Waals surface area contributed by atoms with Gasteiger partial charge in [-0.25, -0.2) is 0 Å². The van der Waals surface area contributed by atoms with Crippen molar-refractivity contribution in [2.24, 2.45) is 0 Å². The van der Waals surface area contributed by atoms with Crippen LogP contribution >= 0.6 is 0 Å². The molecule has 0 amide bonds. The van der Waals surface area contributed by atoms with Crippen molar-refractivity contribution in [2.75, 3.05) is 0 Å². The van der Waals surface area contributed by atoms with Crippen LogP contribution in [0.5, 0.6) is 0 Å². The summed E-state index contributed by atoms with van der Waals surface area (Å²) >= 11 is 0. The summed E-state index contributed by atoms with van der Waals surface area (Å²) in [5, 5.41) is 0. The number of hydrogen-bond acceptors (Lipinski definition) is 0. The van der Waals surface area contributed by atoms with Crippen LogP contribution in [0.1, 0.15) is 74.3 Å². The SMILES string of the molecule is CC.CC.CC.CC.CC1=CC=CC1.Cc1ccccc1. The number of rotatable bonds is 0. The van der Waals surface area contributed by atoms with Crippen LogP contribution in [0.2, 0.25) is 0 Å². The Morgan fingerprint density at radius 3 is 1.24 bits per heavy atom. The maximum absolute atomic E-state index is 2.16. The molecule has 1 aromatic carbocycles. The van der Waals surface area contributed by atoms with Crippen molar-refractivity contribution in [2.45, 2.75) is 75.7 Å². The van der Waals surface area contributed by atoms with Gasteiger partial charge in [0, 0.05) is 0 Å². The average molecular weight is 293 g/mol. The van der Waals surface area contributed by atoms with Crippen molar-refractivity contribution in [1.82, 2.24) is 0 Å². The van der Waals surface area contributed by atoms with Crippen LogP contribution < -0.4 is 0 Å². The number of benzene rings is 1. The van der Waals surface area contributed by atoms with Gasteiger partial charge in [0.2, 0.25) is 0 Å². The molecule has 0 aliphatic heterocycles. The van der Waals surface area contributed by atoms with Crippen molar-refractivity contribution in [3.05, 3.63) is 59.7 Å². The average Bonchev–Trinajstić information content (AvgIpc) is 3.07. The molecule has 1 aliphatic carbocycles. The highest BCUT2D eigenvalue weighted by Crippen LogP contribution is 2.06. The molecule has 124 valence electrons. The summed E-state index contributed by atoms with van der Waals surface area (Å²) in [6.45, 7) is 20.2. The predicted octanol–water partition coefficient (Wildman–Crippen LogP) is 7.99. The van der Waals surface area contributed by atoms with Crippen LogP contribution in [-0.4, -0.2) is 0 Å². The molecule has 0 spiro atoms. The third-order valence-corrected chi connectivity index (χ3v) is 1.90. The fourth-order valence-electron chi connectivity index (χ4n) is 1.09. The van der Waals surface area contributed by atoms with Gasteiger partial charge in [-0.05, 0) is 20.3 Å². The summed E-state index contributed by atoms with van der Waals surface area (Å²) in [5.41, 5.74) is 2.79. The van der Waals surface area contributed by atoms with Gasteiger partial charge in [0.15, 0.2) is 0 Å². The van der Waals surface area contributed by atoms with Gasteiger partial charge in [0.25, 0.3) is 0 Å². The Morgan fingerprint density at radius 1 is 0.667 bits per heavy atom. The Labute approximate surface area is 136 Å². The van der Waals surface area contributed by atoms with Gasteiger partial charge >= 0.3 is 0 Å². The van der Waals surface area contributed by atoms with Crippen LogP contribution in [0.25, 0.3) is 0 Å². The highest BCUT2D eigenvalue weighted by molar-refractivity contribution is 5.20. The molecule has 0 atom stereocenters. The van der Waals surface area contributed by atoms with Gasteiger partial charge in [0.1, 0.15) is 0 Å². The molecule has 0 N–H and O–H groups in total. The van der Waals surface area contributed by atoms with Crippen LogP contribution in [0, 0.1) is 6.92 Å². The second-order valence-corrected chi connectivity index (χ2v) is 3.30. The van der Waals surface area contributed by atoms with Crippen LogP contribution in [-0.2, 0) is 0 Å². The minimum atomic E-state index is 1.17. The summed E-state index contributed by atoms with van der Waals surface area (Å²) in [6, 6.07) is 10.3. The van der Waals surface area contributed by atoms with Gasteiger partial charge in [0.05, 0.1) is 0 Å². The summed E-state index contributed by atoms with van der Waals surface area (Å²) in [5.74, 6) is 0. The van der Waals surface area contributed by atoms with Gasteiger partial charge in [-0.3, -0.25) is 0 Å². The summed E-state index contributed by atoms with van der Waals surface area (Å²) < 4.78 is 0. The first-order valence-corrected chi connectivity index (χ1v) is 8.63. The highest BCUT2D eigenvalue weighted by atomic mass is 13.9. The van der Waals surface area contributed by atoms with E-state index < -0.39 is 0 Å². The lowest BCUT2D eigenvalue weighted by atomic mass is 10.2. The first-order chi connectivity index (χ1) is 10.3. The standard InChI is InChI=1S/C7H8.C6H8.4C2H6/c1-7-5-3-2-4-6-7;1-6-4-2-3-5-6;4*1-2/h2-6H,1H3;2-4H,5H2,1H3;4*1-2H3. The van der Waals surface area contributed by atoms with Crippen LogP contribution in [0.15, 0.2) is 54.1 Å². The van der Waals surface area contributed by atoms with E-state index in [1.165, 1.54) is 17.6 Å². The van der Waals surface area contributed by atoms with E-state index in [-0.39, 0.29) is 0 Å². The van der Waals surface area contributed by atoms with E-state index in [4.69, 9.17) is 0 Å². The summed E-state index contributed by atoms with van der Waals surface area (Å²) in [6.07, 6.45) is 7.56. The first-order valence-electron chi connectivity index (χ1n) is 8.63. The predicted molar refractivity (Wildman–Crippen MR) is 104 cm³/mol. The van der Waals surface area contributed by atoms with Crippen LogP contribution in [0.4, 0.5) is 0 Å². The monoisotopic (exact) mass is 292 g/mol. The maximum atomic E-state index is 2.16. The Bertz CT molecular complexity index is 291. The molecule has 0 radical (unpaired) electrons. The van der Waals surface area contributed by atoms with E-state index in [1.807, 2.05) is 73.6 Å². The van der Waals surface area contributed by atoms with Crippen LogP contribution in [0.3, 0.4) is 0 Å². The third-order valence-electron chi connectivity index (χ3n) is 1.90. The maximum Gasteiger partial charge on any atom is -0.0135 e. The van der Waals surface area contributed by atoms with E-state index >= 15 is 0 Å². The molecule has 0 unspecified atom stereocenters. The first kappa shape index (κ1) is 27.9. The minimum Gasteiger partial charge on any atom is -0.0805 e. The smallest absolute Gasteiger partial charge is 0.0135 e. The van der Waals surface area contributed by atoms with Gasteiger partial charge in [-0.2, -0.15) is 0 Å². The Kier molecular flexibility index (Phi) is 41.5. The lowest BCUT2D eigenvalue weighted by Gasteiger charge is -1.82. The van der Waals surface area contributed by atoms with Crippen molar-refractivity contribution in [1.29, 1.82) is 0 Å². The van der Waals surface area contributed by atoms with E-state index in [1.54, 1.807) is 0 Å².